The van der Waals surface area contributed by atoms with Gasteiger partial charge in [-0.25, -0.2) is 9.18 Å². The quantitative estimate of drug-likeness (QED) is 0.639. The second-order valence-electron chi connectivity index (χ2n) is 8.00. The Morgan fingerprint density at radius 3 is 2.44 bits per heavy atom. The predicted octanol–water partition coefficient (Wildman–Crippen LogP) is 3.18. The van der Waals surface area contributed by atoms with Crippen molar-refractivity contribution < 1.29 is 32.2 Å². The Hall–Kier alpha value is -2.53. The zero-order chi connectivity index (χ0) is 22.7. The van der Waals surface area contributed by atoms with Crippen molar-refractivity contribution in [3.05, 3.63) is 33.9 Å². The molecule has 1 saturated heterocycles. The number of methoxy groups -OCH3 is 1. The van der Waals surface area contributed by atoms with Gasteiger partial charge < -0.3 is 25.0 Å². The van der Waals surface area contributed by atoms with E-state index < -0.39 is 47.3 Å². The topological polar surface area (TPSA) is 97.8 Å². The third kappa shape index (κ3) is 3.88. The van der Waals surface area contributed by atoms with E-state index in [1.165, 1.54) is 18.2 Å². The molecule has 1 aliphatic heterocycles. The van der Waals surface area contributed by atoms with E-state index in [1.54, 1.807) is 4.57 Å². The maximum Gasteiger partial charge on any atom is 0.393 e. The molecule has 2 heterocycles. The average molecular weight is 480 g/mol. The monoisotopic (exact) mass is 479 g/mol. The number of alkyl halides is 3. The Morgan fingerprint density at radius 1 is 1.31 bits per heavy atom. The van der Waals surface area contributed by atoms with Crippen LogP contribution in [0.4, 0.5) is 23.2 Å². The molecule has 1 aromatic heterocycles. The van der Waals surface area contributed by atoms with Crippen LogP contribution < -0.4 is 20.8 Å². The zero-order valence-corrected chi connectivity index (χ0v) is 17.8. The van der Waals surface area contributed by atoms with Crippen LogP contribution in [-0.4, -0.2) is 48.6 Å². The number of ether oxygens (including phenoxy) is 1. The zero-order valence-electron chi connectivity index (χ0n) is 17.0. The highest BCUT2D eigenvalue weighted by atomic mass is 35.5. The van der Waals surface area contributed by atoms with Gasteiger partial charge in [0.2, 0.25) is 5.43 Å². The molecule has 3 N–H and O–H groups in total. The van der Waals surface area contributed by atoms with Crippen molar-refractivity contribution >= 4 is 35.0 Å². The Bertz CT molecular complexity index is 1120. The molecular weight excluding hydrogens is 458 g/mol. The largest absolute Gasteiger partial charge is 0.492 e. The highest BCUT2D eigenvalue weighted by Gasteiger charge is 2.50. The van der Waals surface area contributed by atoms with E-state index in [-0.39, 0.29) is 53.9 Å². The molecule has 1 aromatic carbocycles. The lowest BCUT2D eigenvalue weighted by Crippen LogP contribution is -2.33. The second kappa shape index (κ2) is 8.43. The summed E-state index contributed by atoms with van der Waals surface area (Å²) >= 11 is 0. The highest BCUT2D eigenvalue weighted by Crippen LogP contribution is 2.46. The standard InChI is InChI=1S/C20H21F4N3O4.ClH/c1-31-18-15-11(17(28)12(19(29)30)7-27(15)10-2-3-10)4-14(21)16(18)26-6-9(5-25)13(8-26)20(22,23)24;/h4,7,9-10,13H,2-3,5-6,8,25H2,1H3,(H,29,30);1H/t9-,13+;/m0./s1. The van der Waals surface area contributed by atoms with Gasteiger partial charge in [-0.2, -0.15) is 13.2 Å². The van der Waals surface area contributed by atoms with Gasteiger partial charge in [0.05, 0.1) is 23.9 Å². The lowest BCUT2D eigenvalue weighted by molar-refractivity contribution is -0.178. The van der Waals surface area contributed by atoms with Crippen molar-refractivity contribution in [1.82, 2.24) is 4.57 Å². The van der Waals surface area contributed by atoms with Crippen LogP contribution in [0.2, 0.25) is 0 Å². The number of rotatable bonds is 5. The number of carboxylic acid groups (broad SMARTS) is 1. The minimum Gasteiger partial charge on any atom is -0.492 e. The van der Waals surface area contributed by atoms with Gasteiger partial charge in [0.1, 0.15) is 11.3 Å². The van der Waals surface area contributed by atoms with Crippen molar-refractivity contribution in [2.24, 2.45) is 17.6 Å². The van der Waals surface area contributed by atoms with E-state index >= 15 is 4.39 Å². The lowest BCUT2D eigenvalue weighted by atomic mass is 9.96. The number of hydrogen-bond donors (Lipinski definition) is 2. The summed E-state index contributed by atoms with van der Waals surface area (Å²) in [5.74, 6) is -5.13. The van der Waals surface area contributed by atoms with Gasteiger partial charge >= 0.3 is 12.1 Å². The van der Waals surface area contributed by atoms with Crippen molar-refractivity contribution in [1.29, 1.82) is 0 Å². The summed E-state index contributed by atoms with van der Waals surface area (Å²) in [7, 11) is 1.24. The van der Waals surface area contributed by atoms with Gasteiger partial charge in [0.25, 0.3) is 0 Å². The summed E-state index contributed by atoms with van der Waals surface area (Å²) in [6.45, 7) is -0.835. The van der Waals surface area contributed by atoms with E-state index in [1.807, 2.05) is 0 Å². The number of fused-ring (bicyclic) bond motifs is 1. The van der Waals surface area contributed by atoms with Crippen LogP contribution in [-0.2, 0) is 0 Å². The van der Waals surface area contributed by atoms with E-state index in [0.717, 1.165) is 18.9 Å². The van der Waals surface area contributed by atoms with Gasteiger partial charge in [0, 0.05) is 31.2 Å². The molecule has 0 bridgehead atoms. The van der Waals surface area contributed by atoms with Crippen LogP contribution >= 0.6 is 12.4 Å². The van der Waals surface area contributed by atoms with Crippen molar-refractivity contribution in [2.75, 3.05) is 31.6 Å². The maximum atomic E-state index is 15.2. The van der Waals surface area contributed by atoms with Gasteiger partial charge in [-0.15, -0.1) is 12.4 Å². The van der Waals surface area contributed by atoms with Crippen molar-refractivity contribution in [3.63, 3.8) is 0 Å². The Morgan fingerprint density at radius 2 is 1.97 bits per heavy atom. The fraction of sp³-hybridized carbons (Fsp3) is 0.500. The molecule has 1 saturated carbocycles. The summed E-state index contributed by atoms with van der Waals surface area (Å²) < 4.78 is 62.6. The average Bonchev–Trinajstić information content (AvgIpc) is 3.44. The van der Waals surface area contributed by atoms with Crippen LogP contribution in [0.5, 0.6) is 5.75 Å². The first kappa shape index (κ1) is 24.1. The summed E-state index contributed by atoms with van der Waals surface area (Å²) in [5, 5.41) is 9.18. The van der Waals surface area contributed by atoms with Gasteiger partial charge in [-0.3, -0.25) is 4.79 Å². The third-order valence-electron chi connectivity index (χ3n) is 6.05. The first-order valence-electron chi connectivity index (χ1n) is 9.78. The molecule has 2 aliphatic rings. The van der Waals surface area contributed by atoms with Crippen LogP contribution in [0.1, 0.15) is 29.2 Å². The number of nitrogens with zero attached hydrogens (tertiary/aromatic N) is 2. The minimum absolute atomic E-state index is 0. The molecular formula is C20H22ClF4N3O4. The number of pyridine rings is 1. The molecule has 2 aromatic rings. The number of carboxylic acids is 1. The molecule has 2 atom stereocenters. The minimum atomic E-state index is -4.49. The van der Waals surface area contributed by atoms with Crippen molar-refractivity contribution in [2.45, 2.75) is 25.1 Å². The molecule has 0 amide bonds. The fourth-order valence-corrected chi connectivity index (χ4v) is 4.39. The number of anilines is 1. The fourth-order valence-electron chi connectivity index (χ4n) is 4.39. The number of carbonyl (C=O) groups is 1. The lowest BCUT2D eigenvalue weighted by Gasteiger charge is -2.25. The highest BCUT2D eigenvalue weighted by molar-refractivity contribution is 5.97. The molecule has 0 spiro atoms. The molecule has 0 unspecified atom stereocenters. The predicted molar refractivity (Wildman–Crippen MR) is 111 cm³/mol. The van der Waals surface area contributed by atoms with E-state index in [9.17, 15) is 27.9 Å². The molecule has 7 nitrogen and oxygen atoms in total. The van der Waals surface area contributed by atoms with Crippen LogP contribution in [0.25, 0.3) is 10.9 Å². The second-order valence-corrected chi connectivity index (χ2v) is 8.00. The number of aromatic nitrogens is 1. The van der Waals surface area contributed by atoms with E-state index in [2.05, 4.69) is 0 Å². The normalized spacial score (nSPS) is 21.0. The van der Waals surface area contributed by atoms with Crippen LogP contribution in [0.3, 0.4) is 0 Å². The maximum absolute atomic E-state index is 15.2. The number of halogens is 5. The summed E-state index contributed by atoms with van der Waals surface area (Å²) in [6.07, 6.45) is -1.85. The molecule has 32 heavy (non-hydrogen) atoms. The van der Waals surface area contributed by atoms with Crippen LogP contribution in [0.15, 0.2) is 17.1 Å². The molecule has 1 aliphatic carbocycles. The first-order valence-corrected chi connectivity index (χ1v) is 9.78. The van der Waals surface area contributed by atoms with Crippen molar-refractivity contribution in [3.8, 4) is 5.75 Å². The summed E-state index contributed by atoms with van der Waals surface area (Å²) in [5.41, 5.74) is 4.16. The Kier molecular flexibility index (Phi) is 6.36. The Balaban J connectivity index is 0.00000289. The van der Waals surface area contributed by atoms with Crippen LogP contribution in [0, 0.1) is 17.7 Å². The van der Waals surface area contributed by atoms with E-state index in [4.69, 9.17) is 10.5 Å². The summed E-state index contributed by atoms with van der Waals surface area (Å²) in [4.78, 5) is 25.5. The number of hydrogen-bond acceptors (Lipinski definition) is 5. The van der Waals surface area contributed by atoms with Gasteiger partial charge in [0.15, 0.2) is 11.6 Å². The number of benzene rings is 1. The molecule has 2 fully saturated rings. The number of nitrogens with two attached hydrogens (primary N) is 1. The van der Waals surface area contributed by atoms with E-state index in [0.29, 0.717) is 0 Å². The Labute approximate surface area is 186 Å². The first-order chi connectivity index (χ1) is 14.6. The third-order valence-corrected chi connectivity index (χ3v) is 6.05. The van der Waals surface area contributed by atoms with Gasteiger partial charge in [-0.1, -0.05) is 0 Å². The molecule has 0 radical (unpaired) electrons. The SMILES string of the molecule is COc1c(N2C[C@H](CN)[C@H](C(F)(F)F)C2)c(F)cc2c(=O)c(C(=O)O)cn(C3CC3)c12.Cl. The summed E-state index contributed by atoms with van der Waals surface area (Å²) in [6, 6.07) is 0.783. The van der Waals surface area contributed by atoms with Gasteiger partial charge in [-0.05, 0) is 25.5 Å². The number of aromatic carboxylic acids is 1. The molecule has 12 heteroatoms. The smallest absolute Gasteiger partial charge is 0.393 e. The molecule has 4 rings (SSSR count). The molecule has 176 valence electrons.